The second-order valence-corrected chi connectivity index (χ2v) is 14.3. The van der Waals surface area contributed by atoms with Crippen molar-refractivity contribution in [3.05, 3.63) is 229 Å². The van der Waals surface area contributed by atoms with Crippen LogP contribution in [0.1, 0.15) is 39.6 Å². The van der Waals surface area contributed by atoms with Gasteiger partial charge in [0.15, 0.2) is 0 Å². The molecule has 0 N–H and O–H groups in total. The van der Waals surface area contributed by atoms with Gasteiger partial charge in [0.05, 0.1) is 2.74 Å². The van der Waals surface area contributed by atoms with Gasteiger partial charge in [0.1, 0.15) is 0 Å². The van der Waals surface area contributed by atoms with Crippen molar-refractivity contribution in [2.45, 2.75) is 38.5 Å². The quantitative estimate of drug-likeness (QED) is 0.0970. The lowest BCUT2D eigenvalue weighted by Crippen LogP contribution is -2.10. The van der Waals surface area contributed by atoms with Gasteiger partial charge < -0.3 is 9.80 Å². The van der Waals surface area contributed by atoms with Crippen molar-refractivity contribution in [2.24, 2.45) is 0 Å². The Morgan fingerprint density at radius 1 is 0.286 bits per heavy atom. The summed E-state index contributed by atoms with van der Waals surface area (Å²) in [5.74, 6) is 0. The molecule has 2 heteroatoms. The third kappa shape index (κ3) is 9.00. The first kappa shape index (κ1) is 33.9. The van der Waals surface area contributed by atoms with Crippen molar-refractivity contribution in [3.8, 4) is 22.3 Å². The molecule has 0 radical (unpaired) electrons. The van der Waals surface area contributed by atoms with Gasteiger partial charge in [0.25, 0.3) is 0 Å². The normalized spacial score (nSPS) is 11.4. The molecule has 0 aliphatic carbocycles. The molecule has 0 aromatic heterocycles. The van der Waals surface area contributed by atoms with E-state index in [9.17, 15) is 0 Å². The van der Waals surface area contributed by atoms with Crippen molar-refractivity contribution < 1.29 is 2.74 Å². The molecular formula is C54H48N2. The van der Waals surface area contributed by atoms with Crippen LogP contribution in [0.25, 0.3) is 22.3 Å². The Morgan fingerprint density at radius 2 is 0.625 bits per heavy atom. The third-order valence-electron chi connectivity index (χ3n) is 10.4. The first-order valence-electron chi connectivity index (χ1n) is 20.8. The highest BCUT2D eigenvalue weighted by Crippen LogP contribution is 2.38. The summed E-state index contributed by atoms with van der Waals surface area (Å²) in [5, 5.41) is 0. The van der Waals surface area contributed by atoms with Crippen LogP contribution in [0, 0.1) is 0 Å². The molecular weight excluding hydrogens is 677 g/mol. The number of aryl methyl sites for hydroxylation is 2. The van der Waals surface area contributed by atoms with E-state index >= 15 is 0 Å². The first-order valence-corrected chi connectivity index (χ1v) is 19.8. The Balaban J connectivity index is 0.893. The summed E-state index contributed by atoms with van der Waals surface area (Å²) in [6.07, 6.45) is 6.82. The van der Waals surface area contributed by atoms with Gasteiger partial charge in [-0.15, -0.1) is 0 Å². The van der Waals surface area contributed by atoms with Crippen molar-refractivity contribution in [3.63, 3.8) is 0 Å². The molecule has 0 unspecified atom stereocenters. The third-order valence-corrected chi connectivity index (χ3v) is 10.4. The van der Waals surface area contributed by atoms with E-state index in [0.717, 1.165) is 82.1 Å². The Morgan fingerprint density at radius 3 is 1.02 bits per heavy atom. The Hall–Kier alpha value is -6.64. The molecule has 0 saturated carbocycles. The summed E-state index contributed by atoms with van der Waals surface area (Å²) < 4.78 is 15.7. The van der Waals surface area contributed by atoms with E-state index in [1.165, 1.54) is 24.0 Å². The number of nitrogens with zero attached hydrogens (tertiary/aromatic N) is 2. The van der Waals surface area contributed by atoms with Crippen LogP contribution in [0.3, 0.4) is 0 Å². The number of anilines is 6. The van der Waals surface area contributed by atoms with Crippen LogP contribution in [0.5, 0.6) is 0 Å². The maximum Gasteiger partial charge on any atom is 0.0623 e. The van der Waals surface area contributed by atoms with E-state index in [4.69, 9.17) is 2.74 Å². The minimum Gasteiger partial charge on any atom is -0.310 e. The maximum absolute atomic E-state index is 7.84. The zero-order chi connectivity index (χ0) is 39.5. The van der Waals surface area contributed by atoms with Crippen molar-refractivity contribution in [1.29, 1.82) is 0 Å². The molecule has 0 amide bonds. The predicted molar refractivity (Wildman–Crippen MR) is 239 cm³/mol. The molecule has 2 nitrogen and oxygen atoms in total. The number of para-hydroxylation sites is 2. The first-order chi connectivity index (χ1) is 28.6. The minimum absolute atomic E-state index is 0.525. The van der Waals surface area contributed by atoms with Crippen LogP contribution in [0.15, 0.2) is 218 Å². The summed E-state index contributed by atoms with van der Waals surface area (Å²) >= 11 is 0. The number of hydrogen-bond acceptors (Lipinski definition) is 2. The Kier molecular flexibility index (Phi) is 11.0. The molecule has 8 rings (SSSR count). The SMILES string of the molecule is [3H]c1ccc(-c2ccc(N(c3ccccc3)c3cccc(CCCCCCc4cccc(N(c5ccccc5)c5ccc(-c6ccc([3H])cc6)cc5)c4)c3)cc2)cc1. The van der Waals surface area contributed by atoms with Gasteiger partial charge >= 0.3 is 0 Å². The number of unbranched alkanes of at least 4 members (excludes halogenated alkanes) is 3. The number of benzene rings is 8. The van der Waals surface area contributed by atoms with E-state index in [1.54, 1.807) is 0 Å². The summed E-state index contributed by atoms with van der Waals surface area (Å²) in [6, 6.07) is 73.1. The number of rotatable bonds is 15. The van der Waals surface area contributed by atoms with Gasteiger partial charge in [-0.2, -0.15) is 0 Å². The van der Waals surface area contributed by atoms with Gasteiger partial charge in [0.2, 0.25) is 0 Å². The van der Waals surface area contributed by atoms with Gasteiger partial charge in [-0.1, -0.05) is 158 Å². The molecule has 8 aromatic rings. The monoisotopic (exact) mass is 728 g/mol. The van der Waals surface area contributed by atoms with Crippen molar-refractivity contribution >= 4 is 34.1 Å². The average molecular weight is 729 g/mol. The van der Waals surface area contributed by atoms with E-state index < -0.39 is 0 Å². The van der Waals surface area contributed by atoms with Crippen molar-refractivity contribution in [1.82, 2.24) is 0 Å². The standard InChI is InChI=1S/C54H48N2/c1(7-19-43-21-17-31-53(41-43)55(49-27-13-5-14-28-49)51-37-33-47(34-38-51)45-23-9-3-10-24-45)2-8-20-44-22-18-32-54(42-44)56(50-29-15-6-16-30-50)52-39-35-48(36-40-52)46-25-11-4-12-26-46/h3-6,9-18,21-42H,1-2,7-8,19-20H2/i3T,4T. The van der Waals surface area contributed by atoms with Gasteiger partial charge in [-0.25, -0.2) is 0 Å². The van der Waals surface area contributed by atoms with E-state index in [0.29, 0.717) is 12.1 Å². The van der Waals surface area contributed by atoms with Gasteiger partial charge in [-0.3, -0.25) is 0 Å². The second-order valence-electron chi connectivity index (χ2n) is 14.3. The lowest BCUT2D eigenvalue weighted by molar-refractivity contribution is 0.640. The molecule has 0 aliphatic rings. The highest BCUT2D eigenvalue weighted by molar-refractivity contribution is 5.80. The molecule has 0 aliphatic heterocycles. The molecule has 0 saturated heterocycles. The molecule has 274 valence electrons. The highest BCUT2D eigenvalue weighted by Gasteiger charge is 2.15. The molecule has 0 heterocycles. The van der Waals surface area contributed by atoms with Crippen LogP contribution in [-0.4, -0.2) is 0 Å². The fraction of sp³-hybridized carbons (Fsp3) is 0.111. The minimum atomic E-state index is 0.525. The van der Waals surface area contributed by atoms with Gasteiger partial charge in [-0.05, 0) is 132 Å². The molecule has 56 heavy (non-hydrogen) atoms. The predicted octanol–water partition coefficient (Wildman–Crippen LogP) is 15.3. The molecule has 0 atom stereocenters. The molecule has 0 fully saturated rings. The topological polar surface area (TPSA) is 6.48 Å². The van der Waals surface area contributed by atoms with Crippen molar-refractivity contribution in [2.75, 3.05) is 9.80 Å². The zero-order valence-electron chi connectivity index (χ0n) is 33.8. The Labute approximate surface area is 335 Å². The lowest BCUT2D eigenvalue weighted by atomic mass is 10.0. The van der Waals surface area contributed by atoms with E-state index in [-0.39, 0.29) is 0 Å². The smallest absolute Gasteiger partial charge is 0.0623 e. The summed E-state index contributed by atoms with van der Waals surface area (Å²) in [7, 11) is 0. The largest absolute Gasteiger partial charge is 0.310 e. The summed E-state index contributed by atoms with van der Waals surface area (Å²) in [4.78, 5) is 4.67. The van der Waals surface area contributed by atoms with E-state index in [1.807, 2.05) is 48.5 Å². The fourth-order valence-electron chi connectivity index (χ4n) is 7.53. The number of hydrogen-bond donors (Lipinski definition) is 0. The maximum atomic E-state index is 7.84. The summed E-state index contributed by atoms with van der Waals surface area (Å²) in [5.41, 5.74) is 14.1. The fourth-order valence-corrected chi connectivity index (χ4v) is 7.53. The van der Waals surface area contributed by atoms with Crippen LogP contribution in [0.2, 0.25) is 0 Å². The van der Waals surface area contributed by atoms with Gasteiger partial charge in [0, 0.05) is 34.1 Å². The molecule has 0 spiro atoms. The van der Waals surface area contributed by atoms with E-state index in [2.05, 4.69) is 168 Å². The second kappa shape index (κ2) is 18.1. The highest BCUT2D eigenvalue weighted by atomic mass is 15.1. The van der Waals surface area contributed by atoms with Crippen LogP contribution in [-0.2, 0) is 12.8 Å². The van der Waals surface area contributed by atoms with Crippen LogP contribution < -0.4 is 9.80 Å². The molecule has 0 bridgehead atoms. The lowest BCUT2D eigenvalue weighted by Gasteiger charge is -2.26. The van der Waals surface area contributed by atoms with Crippen LogP contribution in [0.4, 0.5) is 34.1 Å². The zero-order valence-corrected chi connectivity index (χ0v) is 31.8. The molecule has 8 aromatic carbocycles. The Bertz CT molecular complexity index is 2320. The summed E-state index contributed by atoms with van der Waals surface area (Å²) in [6.45, 7) is 0. The average Bonchev–Trinajstić information content (AvgIpc) is 3.27. The van der Waals surface area contributed by atoms with Crippen LogP contribution >= 0.6 is 0 Å².